The molecule has 1 aliphatic rings. The average Bonchev–Trinajstić information content (AvgIpc) is 2.74. The molecule has 0 spiro atoms. The Hall–Kier alpha value is -0.580. The van der Waals surface area contributed by atoms with Gasteiger partial charge in [0.05, 0.1) is 0 Å². The Labute approximate surface area is 114 Å². The van der Waals surface area contributed by atoms with E-state index in [1.165, 1.54) is 0 Å². The molecule has 1 heterocycles. The van der Waals surface area contributed by atoms with Gasteiger partial charge in [-0.2, -0.15) is 0 Å². The standard InChI is InChI=1S/C12H14BrClN2O/c13-9-4-8(5-10(14)6-9)12(17)16-3-1-2-11(16)7-15/h4-6,11H,1-3,7,15H2. The molecule has 2 rings (SSSR count). The van der Waals surface area contributed by atoms with Gasteiger partial charge < -0.3 is 10.6 Å². The molecule has 1 fully saturated rings. The Bertz CT molecular complexity index is 418. The first kappa shape index (κ1) is 12.9. The number of nitrogens with zero attached hydrogens (tertiary/aromatic N) is 1. The van der Waals surface area contributed by atoms with E-state index in [4.69, 9.17) is 17.3 Å². The summed E-state index contributed by atoms with van der Waals surface area (Å²) in [6.45, 7) is 1.30. The smallest absolute Gasteiger partial charge is 0.254 e. The third-order valence-electron chi connectivity index (χ3n) is 3.02. The highest BCUT2D eigenvalue weighted by atomic mass is 79.9. The minimum atomic E-state index is 0.0150. The summed E-state index contributed by atoms with van der Waals surface area (Å²) in [5.74, 6) is 0.0150. The number of carbonyl (C=O) groups is 1. The lowest BCUT2D eigenvalue weighted by atomic mass is 10.1. The van der Waals surface area contributed by atoms with Crippen LogP contribution in [0.25, 0.3) is 0 Å². The molecule has 92 valence electrons. The number of hydrogen-bond donors (Lipinski definition) is 1. The van der Waals surface area contributed by atoms with E-state index in [2.05, 4.69) is 15.9 Å². The highest BCUT2D eigenvalue weighted by molar-refractivity contribution is 9.10. The largest absolute Gasteiger partial charge is 0.334 e. The van der Waals surface area contributed by atoms with Crippen molar-refractivity contribution in [1.29, 1.82) is 0 Å². The van der Waals surface area contributed by atoms with Crippen molar-refractivity contribution in [2.45, 2.75) is 18.9 Å². The zero-order chi connectivity index (χ0) is 12.4. The first-order valence-electron chi connectivity index (χ1n) is 5.59. The molecule has 3 nitrogen and oxygen atoms in total. The number of rotatable bonds is 2. The lowest BCUT2D eigenvalue weighted by Gasteiger charge is -2.23. The Balaban J connectivity index is 2.24. The predicted octanol–water partition coefficient (Wildman–Crippen LogP) is 2.67. The second-order valence-corrected chi connectivity index (χ2v) is 5.54. The maximum atomic E-state index is 12.3. The fourth-order valence-corrected chi connectivity index (χ4v) is 3.05. The van der Waals surface area contributed by atoms with Crippen LogP contribution in [0.1, 0.15) is 23.2 Å². The van der Waals surface area contributed by atoms with Crippen molar-refractivity contribution >= 4 is 33.4 Å². The fourth-order valence-electron chi connectivity index (χ4n) is 2.19. The van der Waals surface area contributed by atoms with E-state index in [0.29, 0.717) is 17.1 Å². The van der Waals surface area contributed by atoms with Crippen LogP contribution in [-0.4, -0.2) is 29.9 Å². The van der Waals surface area contributed by atoms with Crippen molar-refractivity contribution in [3.8, 4) is 0 Å². The van der Waals surface area contributed by atoms with Crippen molar-refractivity contribution in [2.24, 2.45) is 5.73 Å². The van der Waals surface area contributed by atoms with E-state index in [9.17, 15) is 4.79 Å². The molecule has 0 aliphatic carbocycles. The van der Waals surface area contributed by atoms with Crippen LogP contribution in [0.5, 0.6) is 0 Å². The van der Waals surface area contributed by atoms with E-state index in [-0.39, 0.29) is 11.9 Å². The summed E-state index contributed by atoms with van der Waals surface area (Å²) in [7, 11) is 0. The molecule has 2 N–H and O–H groups in total. The normalized spacial score (nSPS) is 19.7. The molecule has 0 aromatic heterocycles. The molecular formula is C12H14BrClN2O. The second-order valence-electron chi connectivity index (χ2n) is 4.19. The Morgan fingerprint density at radius 2 is 2.29 bits per heavy atom. The minimum Gasteiger partial charge on any atom is -0.334 e. The quantitative estimate of drug-likeness (QED) is 0.911. The molecule has 1 saturated heterocycles. The predicted molar refractivity (Wildman–Crippen MR) is 72.3 cm³/mol. The number of nitrogens with two attached hydrogens (primary N) is 1. The van der Waals surface area contributed by atoms with Crippen LogP contribution in [0.15, 0.2) is 22.7 Å². The van der Waals surface area contributed by atoms with Gasteiger partial charge in [-0.25, -0.2) is 0 Å². The number of carbonyl (C=O) groups excluding carboxylic acids is 1. The zero-order valence-electron chi connectivity index (χ0n) is 9.33. The van der Waals surface area contributed by atoms with E-state index < -0.39 is 0 Å². The molecule has 5 heteroatoms. The van der Waals surface area contributed by atoms with Gasteiger partial charge >= 0.3 is 0 Å². The van der Waals surface area contributed by atoms with Gasteiger partial charge in [0.25, 0.3) is 5.91 Å². The minimum absolute atomic E-state index is 0.0150. The SMILES string of the molecule is NCC1CCCN1C(=O)c1cc(Cl)cc(Br)c1. The van der Waals surface area contributed by atoms with Gasteiger partial charge in [0.2, 0.25) is 0 Å². The van der Waals surface area contributed by atoms with Gasteiger partial charge in [-0.15, -0.1) is 0 Å². The van der Waals surface area contributed by atoms with Gasteiger partial charge in [-0.1, -0.05) is 27.5 Å². The number of hydrogen-bond acceptors (Lipinski definition) is 2. The van der Waals surface area contributed by atoms with Crippen molar-refractivity contribution in [3.05, 3.63) is 33.3 Å². The lowest BCUT2D eigenvalue weighted by Crippen LogP contribution is -2.39. The van der Waals surface area contributed by atoms with E-state index in [1.807, 2.05) is 4.90 Å². The van der Waals surface area contributed by atoms with Crippen LogP contribution in [0.3, 0.4) is 0 Å². The number of halogens is 2. The molecule has 1 aliphatic heterocycles. The van der Waals surface area contributed by atoms with Crippen molar-refractivity contribution in [3.63, 3.8) is 0 Å². The average molecular weight is 318 g/mol. The Morgan fingerprint density at radius 3 is 2.94 bits per heavy atom. The molecule has 1 atom stereocenters. The van der Waals surface area contributed by atoms with Gasteiger partial charge in [-0.05, 0) is 31.0 Å². The third kappa shape index (κ3) is 2.81. The molecule has 1 aromatic rings. The number of amides is 1. The maximum absolute atomic E-state index is 12.3. The van der Waals surface area contributed by atoms with Gasteiger partial charge in [0, 0.05) is 34.2 Å². The summed E-state index contributed by atoms with van der Waals surface area (Å²) < 4.78 is 0.817. The maximum Gasteiger partial charge on any atom is 0.254 e. The van der Waals surface area contributed by atoms with Crippen molar-refractivity contribution in [1.82, 2.24) is 4.90 Å². The van der Waals surface area contributed by atoms with Crippen LogP contribution < -0.4 is 5.73 Å². The molecule has 17 heavy (non-hydrogen) atoms. The van der Waals surface area contributed by atoms with Crippen LogP contribution in [0.2, 0.25) is 5.02 Å². The highest BCUT2D eigenvalue weighted by Crippen LogP contribution is 2.24. The van der Waals surface area contributed by atoms with Gasteiger partial charge in [0.1, 0.15) is 0 Å². The molecule has 0 saturated carbocycles. The van der Waals surface area contributed by atoms with E-state index >= 15 is 0 Å². The zero-order valence-corrected chi connectivity index (χ0v) is 11.7. The summed E-state index contributed by atoms with van der Waals surface area (Å²) in [5.41, 5.74) is 6.29. The van der Waals surface area contributed by atoms with E-state index in [0.717, 1.165) is 23.9 Å². The molecule has 0 radical (unpaired) electrons. The number of benzene rings is 1. The molecule has 0 bridgehead atoms. The second kappa shape index (κ2) is 5.38. The van der Waals surface area contributed by atoms with Crippen LogP contribution in [0.4, 0.5) is 0 Å². The Morgan fingerprint density at radius 1 is 1.53 bits per heavy atom. The molecule has 1 amide bonds. The van der Waals surface area contributed by atoms with Crippen molar-refractivity contribution < 1.29 is 4.79 Å². The lowest BCUT2D eigenvalue weighted by molar-refractivity contribution is 0.0741. The topological polar surface area (TPSA) is 46.3 Å². The molecular weight excluding hydrogens is 304 g/mol. The summed E-state index contributed by atoms with van der Waals surface area (Å²) >= 11 is 9.29. The summed E-state index contributed by atoms with van der Waals surface area (Å²) in [4.78, 5) is 14.2. The third-order valence-corrected chi connectivity index (χ3v) is 3.70. The summed E-state index contributed by atoms with van der Waals surface area (Å²) in [5, 5.41) is 0.561. The summed E-state index contributed by atoms with van der Waals surface area (Å²) in [6, 6.07) is 5.42. The highest BCUT2D eigenvalue weighted by Gasteiger charge is 2.28. The van der Waals surface area contributed by atoms with Crippen LogP contribution in [0, 0.1) is 0 Å². The number of likely N-dealkylation sites (tertiary alicyclic amines) is 1. The Kier molecular flexibility index (Phi) is 4.07. The molecule has 1 aromatic carbocycles. The van der Waals surface area contributed by atoms with Crippen LogP contribution >= 0.6 is 27.5 Å². The van der Waals surface area contributed by atoms with Crippen LogP contribution in [-0.2, 0) is 0 Å². The fraction of sp³-hybridized carbons (Fsp3) is 0.417. The van der Waals surface area contributed by atoms with E-state index in [1.54, 1.807) is 18.2 Å². The van der Waals surface area contributed by atoms with Crippen molar-refractivity contribution in [2.75, 3.05) is 13.1 Å². The van der Waals surface area contributed by atoms with Gasteiger partial charge in [-0.3, -0.25) is 4.79 Å². The van der Waals surface area contributed by atoms with Gasteiger partial charge in [0.15, 0.2) is 0 Å². The summed E-state index contributed by atoms with van der Waals surface area (Å²) in [6.07, 6.45) is 2.01. The first-order valence-corrected chi connectivity index (χ1v) is 6.76. The monoisotopic (exact) mass is 316 g/mol. The molecule has 1 unspecified atom stereocenters. The first-order chi connectivity index (χ1) is 8.11.